The van der Waals surface area contributed by atoms with E-state index in [4.69, 9.17) is 0 Å². The lowest BCUT2D eigenvalue weighted by Gasteiger charge is -2.04. The van der Waals surface area contributed by atoms with E-state index in [0.29, 0.717) is 17.4 Å². The van der Waals surface area contributed by atoms with Crippen molar-refractivity contribution >= 4 is 26.0 Å². The molecule has 84 valence electrons. The lowest BCUT2D eigenvalue weighted by molar-refractivity contribution is 0.579. The van der Waals surface area contributed by atoms with Crippen molar-refractivity contribution in [3.05, 3.63) is 27.1 Å². The van der Waals surface area contributed by atoms with Crippen LogP contribution in [0.3, 0.4) is 0 Å². The van der Waals surface area contributed by atoms with Crippen molar-refractivity contribution < 1.29 is 8.42 Å². The van der Waals surface area contributed by atoms with Gasteiger partial charge < -0.3 is 4.98 Å². The standard InChI is InChI=1S/C8H11BrN2O3S/c1-2-3-11-15(13,14)7-4-6(9)5-10-8(7)12/h4-5,11H,2-3H2,1H3,(H,10,12). The number of hydrogen-bond donors (Lipinski definition) is 2. The molecule has 0 amide bonds. The fraction of sp³-hybridized carbons (Fsp3) is 0.375. The van der Waals surface area contributed by atoms with Crippen LogP contribution in [-0.4, -0.2) is 19.9 Å². The van der Waals surface area contributed by atoms with Crippen molar-refractivity contribution in [2.45, 2.75) is 18.2 Å². The fourth-order valence-electron chi connectivity index (χ4n) is 0.952. The topological polar surface area (TPSA) is 79.0 Å². The molecule has 0 aromatic carbocycles. The molecule has 0 saturated carbocycles. The molecule has 1 aromatic heterocycles. The average molecular weight is 295 g/mol. The van der Waals surface area contributed by atoms with Crippen LogP contribution in [0.15, 0.2) is 26.4 Å². The van der Waals surface area contributed by atoms with Crippen molar-refractivity contribution in [2.75, 3.05) is 6.54 Å². The summed E-state index contributed by atoms with van der Waals surface area (Å²) in [6.07, 6.45) is 2.06. The Balaban J connectivity index is 3.15. The lowest BCUT2D eigenvalue weighted by atomic mass is 10.5. The second kappa shape index (κ2) is 4.91. The van der Waals surface area contributed by atoms with Crippen LogP contribution in [0.2, 0.25) is 0 Å². The van der Waals surface area contributed by atoms with E-state index < -0.39 is 15.6 Å². The molecule has 0 aliphatic heterocycles. The van der Waals surface area contributed by atoms with Crippen molar-refractivity contribution in [1.29, 1.82) is 0 Å². The molecule has 0 unspecified atom stereocenters. The number of sulfonamides is 1. The predicted octanol–water partition coefficient (Wildman–Crippen LogP) is 0.826. The lowest BCUT2D eigenvalue weighted by Crippen LogP contribution is -2.29. The largest absolute Gasteiger partial charge is 0.327 e. The van der Waals surface area contributed by atoms with Crippen molar-refractivity contribution in [3.8, 4) is 0 Å². The van der Waals surface area contributed by atoms with Crippen LogP contribution in [0, 0.1) is 0 Å². The van der Waals surface area contributed by atoms with Crippen molar-refractivity contribution in [2.24, 2.45) is 0 Å². The Morgan fingerprint density at radius 1 is 1.53 bits per heavy atom. The molecular weight excluding hydrogens is 284 g/mol. The molecule has 0 saturated heterocycles. The third kappa shape index (κ3) is 3.15. The number of H-pyrrole nitrogens is 1. The molecule has 5 nitrogen and oxygen atoms in total. The van der Waals surface area contributed by atoms with Crippen LogP contribution in [0.1, 0.15) is 13.3 Å². The maximum atomic E-state index is 11.6. The molecule has 0 radical (unpaired) electrons. The summed E-state index contributed by atoms with van der Waals surface area (Å²) in [6, 6.07) is 1.27. The van der Waals surface area contributed by atoms with Gasteiger partial charge in [0, 0.05) is 17.2 Å². The van der Waals surface area contributed by atoms with E-state index in [-0.39, 0.29) is 4.90 Å². The third-order valence-electron chi connectivity index (χ3n) is 1.67. The molecular formula is C8H11BrN2O3S. The van der Waals surface area contributed by atoms with Gasteiger partial charge in [-0.2, -0.15) is 0 Å². The summed E-state index contributed by atoms with van der Waals surface area (Å²) in [5, 5.41) is 0. The van der Waals surface area contributed by atoms with Gasteiger partial charge in [0.15, 0.2) is 0 Å². The number of pyridine rings is 1. The Hall–Kier alpha value is -0.660. The zero-order valence-corrected chi connectivity index (χ0v) is 10.5. The van der Waals surface area contributed by atoms with Crippen LogP contribution < -0.4 is 10.3 Å². The molecule has 2 N–H and O–H groups in total. The van der Waals surface area contributed by atoms with Gasteiger partial charge in [0.2, 0.25) is 10.0 Å². The maximum absolute atomic E-state index is 11.6. The smallest absolute Gasteiger partial charge is 0.268 e. The highest BCUT2D eigenvalue weighted by Crippen LogP contribution is 2.10. The molecule has 0 atom stereocenters. The minimum atomic E-state index is -3.70. The van der Waals surface area contributed by atoms with Gasteiger partial charge in [-0.3, -0.25) is 4.79 Å². The van der Waals surface area contributed by atoms with E-state index in [1.807, 2.05) is 6.92 Å². The first-order valence-electron chi connectivity index (χ1n) is 4.35. The maximum Gasteiger partial charge on any atom is 0.268 e. The van der Waals surface area contributed by atoms with E-state index in [1.165, 1.54) is 12.3 Å². The molecule has 7 heteroatoms. The molecule has 0 bridgehead atoms. The van der Waals surface area contributed by atoms with Crippen LogP contribution in [0.25, 0.3) is 0 Å². The number of nitrogens with one attached hydrogen (secondary N) is 2. The molecule has 0 aliphatic rings. The Labute approximate surface area is 96.1 Å². The molecule has 0 spiro atoms. The van der Waals surface area contributed by atoms with E-state index in [0.717, 1.165) is 0 Å². The van der Waals surface area contributed by atoms with Gasteiger partial charge in [0.1, 0.15) is 4.90 Å². The van der Waals surface area contributed by atoms with E-state index >= 15 is 0 Å². The highest BCUT2D eigenvalue weighted by molar-refractivity contribution is 9.10. The average Bonchev–Trinajstić information content (AvgIpc) is 2.18. The second-order valence-corrected chi connectivity index (χ2v) is 5.56. The Morgan fingerprint density at radius 3 is 2.80 bits per heavy atom. The summed E-state index contributed by atoms with van der Waals surface area (Å²) in [5.41, 5.74) is -0.623. The number of halogens is 1. The Kier molecular flexibility index (Phi) is 4.06. The van der Waals surface area contributed by atoms with Crippen LogP contribution in [-0.2, 0) is 10.0 Å². The first-order valence-corrected chi connectivity index (χ1v) is 6.63. The zero-order chi connectivity index (χ0) is 11.5. The summed E-state index contributed by atoms with van der Waals surface area (Å²) < 4.78 is 26.1. The van der Waals surface area contributed by atoms with Gasteiger partial charge in [0.25, 0.3) is 5.56 Å². The van der Waals surface area contributed by atoms with Crippen LogP contribution in [0.5, 0.6) is 0 Å². The van der Waals surface area contributed by atoms with E-state index in [2.05, 4.69) is 25.6 Å². The minimum absolute atomic E-state index is 0.273. The summed E-state index contributed by atoms with van der Waals surface area (Å²) >= 11 is 3.09. The molecule has 0 fully saturated rings. The minimum Gasteiger partial charge on any atom is -0.327 e. The van der Waals surface area contributed by atoms with Gasteiger partial charge >= 0.3 is 0 Å². The van der Waals surface area contributed by atoms with E-state index in [1.54, 1.807) is 0 Å². The summed E-state index contributed by atoms with van der Waals surface area (Å²) in [4.78, 5) is 13.3. The normalized spacial score (nSPS) is 11.6. The highest BCUT2D eigenvalue weighted by atomic mass is 79.9. The van der Waals surface area contributed by atoms with Crippen molar-refractivity contribution in [3.63, 3.8) is 0 Å². The first kappa shape index (κ1) is 12.4. The zero-order valence-electron chi connectivity index (χ0n) is 8.08. The molecule has 1 rings (SSSR count). The van der Waals surface area contributed by atoms with Gasteiger partial charge in [-0.15, -0.1) is 0 Å². The number of aromatic amines is 1. The van der Waals surface area contributed by atoms with Gasteiger partial charge in [-0.1, -0.05) is 6.92 Å². The fourth-order valence-corrected chi connectivity index (χ4v) is 2.66. The number of rotatable bonds is 4. The predicted molar refractivity (Wildman–Crippen MR) is 60.2 cm³/mol. The third-order valence-corrected chi connectivity index (χ3v) is 3.59. The summed E-state index contributed by atoms with van der Waals surface area (Å²) in [5.74, 6) is 0. The van der Waals surface area contributed by atoms with Crippen LogP contribution in [0.4, 0.5) is 0 Å². The highest BCUT2D eigenvalue weighted by Gasteiger charge is 2.17. The molecule has 15 heavy (non-hydrogen) atoms. The molecule has 1 aromatic rings. The Bertz CT molecular complexity index is 495. The van der Waals surface area contributed by atoms with Gasteiger partial charge in [-0.05, 0) is 28.4 Å². The second-order valence-electron chi connectivity index (χ2n) is 2.91. The molecule has 1 heterocycles. The first-order chi connectivity index (χ1) is 6.97. The quantitative estimate of drug-likeness (QED) is 0.863. The van der Waals surface area contributed by atoms with Gasteiger partial charge in [-0.25, -0.2) is 13.1 Å². The Morgan fingerprint density at radius 2 is 2.20 bits per heavy atom. The van der Waals surface area contributed by atoms with Crippen LogP contribution >= 0.6 is 15.9 Å². The SMILES string of the molecule is CCCNS(=O)(=O)c1cc(Br)c[nH]c1=O. The van der Waals surface area contributed by atoms with Crippen molar-refractivity contribution in [1.82, 2.24) is 9.71 Å². The number of hydrogen-bond acceptors (Lipinski definition) is 3. The summed E-state index contributed by atoms with van der Waals surface area (Å²) in [7, 11) is -3.70. The van der Waals surface area contributed by atoms with Gasteiger partial charge in [0.05, 0.1) is 0 Å². The van der Waals surface area contributed by atoms with E-state index in [9.17, 15) is 13.2 Å². The number of aromatic nitrogens is 1. The summed E-state index contributed by atoms with van der Waals surface area (Å²) in [6.45, 7) is 2.15. The monoisotopic (exact) mass is 294 g/mol. The molecule has 0 aliphatic carbocycles.